The van der Waals surface area contributed by atoms with Crippen molar-refractivity contribution < 1.29 is 17.6 Å². The summed E-state index contributed by atoms with van der Waals surface area (Å²) in [4.78, 5) is 0. The van der Waals surface area contributed by atoms with Gasteiger partial charge in [-0.15, -0.1) is 24.8 Å². The molecule has 144 valence electrons. The fraction of sp³-hybridized carbons (Fsp3) is 0.333. The van der Waals surface area contributed by atoms with Crippen LogP contribution in [0, 0.1) is 23.3 Å². The van der Waals surface area contributed by atoms with Crippen LogP contribution in [-0.4, -0.2) is 12.1 Å². The summed E-state index contributed by atoms with van der Waals surface area (Å²) < 4.78 is 50.3. The first-order valence-electron chi connectivity index (χ1n) is 7.78. The van der Waals surface area contributed by atoms with E-state index in [1.54, 1.807) is 12.1 Å². The molecule has 0 aliphatic heterocycles. The average Bonchev–Trinajstić information content (AvgIpc) is 3.44. The van der Waals surface area contributed by atoms with Gasteiger partial charge in [-0.3, -0.25) is 0 Å². The molecule has 0 amide bonds. The molecule has 26 heavy (non-hydrogen) atoms. The molecule has 0 radical (unpaired) electrons. The van der Waals surface area contributed by atoms with Gasteiger partial charge in [0.15, 0.2) is 23.3 Å². The maximum Gasteiger partial charge on any atom is 0.159 e. The summed E-state index contributed by atoms with van der Waals surface area (Å²) in [5.41, 5.74) is 12.8. The molecular weight excluding hydrogens is 391 g/mol. The molecule has 0 unspecified atom stereocenters. The zero-order valence-electron chi connectivity index (χ0n) is 13.7. The number of nitrogens with two attached hydrogens (primary N) is 2. The third-order valence-corrected chi connectivity index (χ3v) is 4.42. The first-order chi connectivity index (χ1) is 11.4. The molecule has 2 fully saturated rings. The van der Waals surface area contributed by atoms with Gasteiger partial charge in [-0.25, -0.2) is 17.6 Å². The van der Waals surface area contributed by atoms with Gasteiger partial charge in [0, 0.05) is 23.9 Å². The lowest BCUT2D eigenvalue weighted by Crippen LogP contribution is -2.01. The van der Waals surface area contributed by atoms with Gasteiger partial charge < -0.3 is 11.5 Å². The topological polar surface area (TPSA) is 52.0 Å². The van der Waals surface area contributed by atoms with E-state index < -0.39 is 23.3 Å². The Morgan fingerprint density at radius 2 is 0.923 bits per heavy atom. The van der Waals surface area contributed by atoms with E-state index >= 15 is 0 Å². The molecule has 0 heterocycles. The van der Waals surface area contributed by atoms with E-state index in [-0.39, 0.29) is 48.7 Å². The quantitative estimate of drug-likeness (QED) is 0.720. The third-order valence-electron chi connectivity index (χ3n) is 4.42. The van der Waals surface area contributed by atoms with E-state index in [1.165, 1.54) is 12.1 Å². The molecule has 2 aliphatic carbocycles. The van der Waals surface area contributed by atoms with Gasteiger partial charge in [-0.1, -0.05) is 12.1 Å². The summed E-state index contributed by atoms with van der Waals surface area (Å²) in [6.45, 7) is 0. The summed E-state index contributed by atoms with van der Waals surface area (Å²) in [6, 6.07) is 8.21. The van der Waals surface area contributed by atoms with E-state index in [0.29, 0.717) is 0 Å². The van der Waals surface area contributed by atoms with Crippen molar-refractivity contribution in [2.75, 3.05) is 0 Å². The Labute approximate surface area is 161 Å². The molecule has 4 atom stereocenters. The van der Waals surface area contributed by atoms with Crippen molar-refractivity contribution in [3.8, 4) is 0 Å². The molecule has 4 N–H and O–H groups in total. The smallest absolute Gasteiger partial charge is 0.159 e. The number of halogens is 6. The minimum Gasteiger partial charge on any atom is -0.327 e. The summed E-state index contributed by atoms with van der Waals surface area (Å²) in [6.07, 6.45) is 1.76. The monoisotopic (exact) mass is 410 g/mol. The lowest BCUT2D eigenvalue weighted by molar-refractivity contribution is 0.507. The Morgan fingerprint density at radius 3 is 1.15 bits per heavy atom. The van der Waals surface area contributed by atoms with Crippen molar-refractivity contribution in [2.24, 2.45) is 11.5 Å². The van der Waals surface area contributed by atoms with Crippen LogP contribution in [0.4, 0.5) is 17.6 Å². The molecule has 2 aliphatic rings. The average molecular weight is 411 g/mol. The largest absolute Gasteiger partial charge is 0.327 e. The van der Waals surface area contributed by atoms with Crippen molar-refractivity contribution in [2.45, 2.75) is 36.8 Å². The van der Waals surface area contributed by atoms with Crippen molar-refractivity contribution in [3.63, 3.8) is 0 Å². The molecule has 2 nitrogen and oxygen atoms in total. The molecule has 8 heteroatoms. The van der Waals surface area contributed by atoms with Gasteiger partial charge in [0.2, 0.25) is 0 Å². The van der Waals surface area contributed by atoms with Crippen LogP contribution in [0.25, 0.3) is 0 Å². The number of benzene rings is 2. The zero-order chi connectivity index (χ0) is 17.4. The highest BCUT2D eigenvalue weighted by Gasteiger charge is 2.35. The van der Waals surface area contributed by atoms with Crippen LogP contribution < -0.4 is 11.5 Å². The second-order valence-electron chi connectivity index (χ2n) is 6.36. The van der Waals surface area contributed by atoms with Gasteiger partial charge in [0.05, 0.1) is 0 Å². The Bertz CT molecular complexity index is 696. The SMILES string of the molecule is Cl.Cl.N[C@@H]1C[C@H]1c1ccc(F)c(F)c1.N[C@@H]1C[C@H]1c1ccc(F)c(F)c1. The third kappa shape index (κ3) is 5.33. The van der Waals surface area contributed by atoms with Gasteiger partial charge >= 0.3 is 0 Å². The maximum absolute atomic E-state index is 12.7. The van der Waals surface area contributed by atoms with Crippen LogP contribution in [0.3, 0.4) is 0 Å². The number of hydrogen-bond acceptors (Lipinski definition) is 2. The number of hydrogen-bond donors (Lipinski definition) is 2. The van der Waals surface area contributed by atoms with Crippen LogP contribution in [0.1, 0.15) is 35.8 Å². The predicted molar refractivity (Wildman–Crippen MR) is 97.9 cm³/mol. The minimum atomic E-state index is -0.798. The highest BCUT2D eigenvalue weighted by molar-refractivity contribution is 5.85. The first kappa shape index (κ1) is 22.7. The summed E-state index contributed by atoms with van der Waals surface area (Å²) in [5.74, 6) is -2.70. The van der Waals surface area contributed by atoms with Crippen molar-refractivity contribution >= 4 is 24.8 Å². The van der Waals surface area contributed by atoms with Crippen LogP contribution in [-0.2, 0) is 0 Å². The molecule has 0 aromatic heterocycles. The maximum atomic E-state index is 12.7. The molecular formula is C18H20Cl2F4N2. The molecule has 4 rings (SSSR count). The van der Waals surface area contributed by atoms with Crippen molar-refractivity contribution in [1.29, 1.82) is 0 Å². The molecule has 0 saturated heterocycles. The summed E-state index contributed by atoms with van der Waals surface area (Å²) in [7, 11) is 0. The van der Waals surface area contributed by atoms with E-state index in [9.17, 15) is 17.6 Å². The predicted octanol–water partition coefficient (Wildman–Crippen LogP) is 4.40. The van der Waals surface area contributed by atoms with Crippen molar-refractivity contribution in [1.82, 2.24) is 0 Å². The lowest BCUT2D eigenvalue weighted by Gasteiger charge is -1.98. The Kier molecular flexibility index (Phi) is 7.89. The summed E-state index contributed by atoms with van der Waals surface area (Å²) >= 11 is 0. The molecule has 2 aromatic carbocycles. The number of rotatable bonds is 2. The first-order valence-corrected chi connectivity index (χ1v) is 7.78. The molecule has 2 saturated carbocycles. The van der Waals surface area contributed by atoms with E-state index in [4.69, 9.17) is 11.5 Å². The van der Waals surface area contributed by atoms with Crippen LogP contribution in [0.2, 0.25) is 0 Å². The zero-order valence-corrected chi connectivity index (χ0v) is 15.3. The second-order valence-corrected chi connectivity index (χ2v) is 6.36. The van der Waals surface area contributed by atoms with Gasteiger partial charge in [0.25, 0.3) is 0 Å². The summed E-state index contributed by atoms with van der Waals surface area (Å²) in [5, 5.41) is 0. The van der Waals surface area contributed by atoms with Crippen LogP contribution in [0.15, 0.2) is 36.4 Å². The Hall–Kier alpha value is -1.34. The molecule has 0 bridgehead atoms. The normalized spacial score (nSPS) is 25.2. The Morgan fingerprint density at radius 1 is 0.615 bits per heavy atom. The highest BCUT2D eigenvalue weighted by Crippen LogP contribution is 2.39. The Balaban J connectivity index is 0.000000241. The standard InChI is InChI=1S/2C9H9F2N.2ClH/c2*10-7-2-1-5(3-8(7)11)6-4-9(6)12;;/h2*1-3,6,9H,4,12H2;2*1H/t2*6-,9+;;/m00../s1. The van der Waals surface area contributed by atoms with Gasteiger partial charge in [0.1, 0.15) is 0 Å². The van der Waals surface area contributed by atoms with Gasteiger partial charge in [-0.2, -0.15) is 0 Å². The van der Waals surface area contributed by atoms with E-state index in [1.807, 2.05) is 0 Å². The lowest BCUT2D eigenvalue weighted by atomic mass is 10.1. The van der Waals surface area contributed by atoms with Crippen LogP contribution >= 0.6 is 24.8 Å². The molecule has 0 spiro atoms. The fourth-order valence-corrected chi connectivity index (χ4v) is 2.68. The highest BCUT2D eigenvalue weighted by atomic mass is 35.5. The van der Waals surface area contributed by atoms with E-state index in [2.05, 4.69) is 0 Å². The second kappa shape index (κ2) is 9.04. The molecule has 2 aromatic rings. The van der Waals surface area contributed by atoms with Crippen LogP contribution in [0.5, 0.6) is 0 Å². The van der Waals surface area contributed by atoms with Crippen molar-refractivity contribution in [3.05, 3.63) is 70.8 Å². The minimum absolute atomic E-state index is 0. The fourth-order valence-electron chi connectivity index (χ4n) is 2.68. The van der Waals surface area contributed by atoms with Gasteiger partial charge in [-0.05, 0) is 48.2 Å². The van der Waals surface area contributed by atoms with E-state index in [0.717, 1.165) is 36.1 Å².